The van der Waals surface area contributed by atoms with E-state index >= 15 is 0 Å². The van der Waals surface area contributed by atoms with Gasteiger partial charge in [0.1, 0.15) is 4.90 Å². The lowest BCUT2D eigenvalue weighted by molar-refractivity contribution is -0.387. The molecule has 0 saturated heterocycles. The molecule has 0 aliphatic carbocycles. The number of hydrogen-bond donors (Lipinski definition) is 0. The monoisotopic (exact) mass is 271 g/mol. The van der Waals surface area contributed by atoms with Crippen LogP contribution in [-0.4, -0.2) is 28.0 Å². The number of benzene rings is 1. The highest BCUT2D eigenvalue weighted by Crippen LogP contribution is 2.22. The summed E-state index contributed by atoms with van der Waals surface area (Å²) in [5.74, 6) is -0.186. The second-order valence-electron chi connectivity index (χ2n) is 3.45. The number of ether oxygens (including phenoxy) is 1. The van der Waals surface area contributed by atoms with Crippen LogP contribution in [0.4, 0.5) is 5.69 Å². The first-order valence-corrected chi connectivity index (χ1v) is 6.56. The van der Waals surface area contributed by atoms with Crippen molar-refractivity contribution in [3.8, 4) is 0 Å². The van der Waals surface area contributed by atoms with Crippen LogP contribution in [0.15, 0.2) is 29.2 Å². The zero-order chi connectivity index (χ0) is 13.5. The van der Waals surface area contributed by atoms with E-state index in [9.17, 15) is 19.1 Å². The standard InChI is InChI=1S/C11H13NO5S/c1-17-11(13)7-4-8-18(16)10-6-3-2-5-9(10)12(14)15/h2-3,5-6H,4,7-8H2,1H3. The van der Waals surface area contributed by atoms with E-state index in [2.05, 4.69) is 4.74 Å². The number of carbonyl (C=O) groups is 1. The minimum Gasteiger partial charge on any atom is -0.469 e. The maximum absolute atomic E-state index is 11.9. The van der Waals surface area contributed by atoms with Crippen LogP contribution in [-0.2, 0) is 20.3 Å². The van der Waals surface area contributed by atoms with Crippen LogP contribution < -0.4 is 0 Å². The minimum atomic E-state index is -1.48. The average molecular weight is 271 g/mol. The quantitative estimate of drug-likeness (QED) is 0.446. The Labute approximate surface area is 107 Å². The fourth-order valence-corrected chi connectivity index (χ4v) is 2.59. The van der Waals surface area contributed by atoms with Crippen molar-refractivity contribution in [1.82, 2.24) is 0 Å². The molecule has 0 heterocycles. The third-order valence-electron chi connectivity index (χ3n) is 2.25. The fraction of sp³-hybridized carbons (Fsp3) is 0.364. The largest absolute Gasteiger partial charge is 0.469 e. The van der Waals surface area contributed by atoms with Crippen molar-refractivity contribution in [1.29, 1.82) is 0 Å². The van der Waals surface area contributed by atoms with Gasteiger partial charge in [-0.2, -0.15) is 0 Å². The van der Waals surface area contributed by atoms with E-state index in [4.69, 9.17) is 0 Å². The topological polar surface area (TPSA) is 86.5 Å². The maximum Gasteiger partial charge on any atom is 0.305 e. The number of nitro benzene ring substituents is 1. The molecule has 0 aliphatic heterocycles. The fourth-order valence-electron chi connectivity index (χ4n) is 1.36. The summed E-state index contributed by atoms with van der Waals surface area (Å²) in [5, 5.41) is 10.8. The SMILES string of the molecule is COC(=O)CCCS(=O)c1ccccc1[N+](=O)[O-]. The Balaban J connectivity index is 2.67. The van der Waals surface area contributed by atoms with Gasteiger partial charge in [0.25, 0.3) is 5.69 Å². The zero-order valence-electron chi connectivity index (χ0n) is 9.83. The van der Waals surface area contributed by atoms with Crippen LogP contribution >= 0.6 is 0 Å². The van der Waals surface area contributed by atoms with Crippen LogP contribution in [0.2, 0.25) is 0 Å². The van der Waals surface area contributed by atoms with E-state index in [1.54, 1.807) is 6.07 Å². The van der Waals surface area contributed by atoms with Gasteiger partial charge in [0.05, 0.1) is 22.8 Å². The van der Waals surface area contributed by atoms with Gasteiger partial charge in [0, 0.05) is 18.2 Å². The number of hydrogen-bond acceptors (Lipinski definition) is 5. The highest BCUT2D eigenvalue weighted by molar-refractivity contribution is 7.85. The van der Waals surface area contributed by atoms with Gasteiger partial charge >= 0.3 is 5.97 Å². The van der Waals surface area contributed by atoms with Crippen molar-refractivity contribution >= 4 is 22.5 Å². The Kier molecular flexibility index (Phi) is 5.44. The van der Waals surface area contributed by atoms with Crippen LogP contribution in [0.3, 0.4) is 0 Å². The molecule has 0 bridgehead atoms. The Morgan fingerprint density at radius 2 is 2.11 bits per heavy atom. The maximum atomic E-state index is 11.9. The van der Waals surface area contributed by atoms with E-state index in [1.165, 1.54) is 25.3 Å². The molecule has 7 heteroatoms. The van der Waals surface area contributed by atoms with Crippen LogP contribution in [0.1, 0.15) is 12.8 Å². The molecule has 1 aromatic rings. The van der Waals surface area contributed by atoms with Crippen molar-refractivity contribution in [2.24, 2.45) is 0 Å². The molecular formula is C11H13NO5S. The number of rotatable bonds is 6. The lowest BCUT2D eigenvalue weighted by Gasteiger charge is -2.03. The van der Waals surface area contributed by atoms with Crippen molar-refractivity contribution in [3.63, 3.8) is 0 Å². The number of carbonyl (C=O) groups excluding carboxylic acids is 1. The summed E-state index contributed by atoms with van der Waals surface area (Å²) in [7, 11) is -0.204. The van der Waals surface area contributed by atoms with E-state index in [0.717, 1.165) is 0 Å². The predicted octanol–water partition coefficient (Wildman–Crippen LogP) is 1.66. The van der Waals surface area contributed by atoms with E-state index in [0.29, 0.717) is 6.42 Å². The molecule has 0 fully saturated rings. The summed E-state index contributed by atoms with van der Waals surface area (Å²) in [6, 6.07) is 5.90. The van der Waals surface area contributed by atoms with Gasteiger partial charge in [0.2, 0.25) is 0 Å². The number of esters is 1. The molecule has 1 rings (SSSR count). The zero-order valence-corrected chi connectivity index (χ0v) is 10.6. The minimum absolute atomic E-state index is 0.156. The normalized spacial score (nSPS) is 11.8. The molecular weight excluding hydrogens is 258 g/mol. The van der Waals surface area contributed by atoms with Crippen LogP contribution in [0, 0.1) is 10.1 Å². The van der Waals surface area contributed by atoms with Gasteiger partial charge in [-0.15, -0.1) is 0 Å². The first-order valence-electron chi connectivity index (χ1n) is 5.25. The molecule has 1 atom stereocenters. The Morgan fingerprint density at radius 3 is 2.72 bits per heavy atom. The first-order chi connectivity index (χ1) is 8.56. The van der Waals surface area contributed by atoms with Gasteiger partial charge < -0.3 is 4.74 Å². The second kappa shape index (κ2) is 6.85. The van der Waals surface area contributed by atoms with Crippen molar-refractivity contribution in [2.45, 2.75) is 17.7 Å². The third-order valence-corrected chi connectivity index (χ3v) is 3.74. The third kappa shape index (κ3) is 3.92. The molecule has 0 saturated carbocycles. The van der Waals surface area contributed by atoms with Crippen molar-refractivity contribution < 1.29 is 18.7 Å². The molecule has 0 N–H and O–H groups in total. The smallest absolute Gasteiger partial charge is 0.305 e. The highest BCUT2D eigenvalue weighted by atomic mass is 32.2. The highest BCUT2D eigenvalue weighted by Gasteiger charge is 2.17. The van der Waals surface area contributed by atoms with Gasteiger partial charge in [-0.1, -0.05) is 12.1 Å². The lowest BCUT2D eigenvalue weighted by Crippen LogP contribution is -2.06. The molecule has 0 radical (unpaired) electrons. The summed E-state index contributed by atoms with van der Waals surface area (Å²) in [6.45, 7) is 0. The molecule has 98 valence electrons. The van der Waals surface area contributed by atoms with Crippen molar-refractivity contribution in [2.75, 3.05) is 12.9 Å². The summed E-state index contributed by atoms with van der Waals surface area (Å²) in [5.41, 5.74) is -0.158. The molecule has 1 unspecified atom stereocenters. The second-order valence-corrected chi connectivity index (χ2v) is 4.99. The van der Waals surface area contributed by atoms with Crippen LogP contribution in [0.25, 0.3) is 0 Å². The number of methoxy groups -OCH3 is 1. The summed E-state index contributed by atoms with van der Waals surface area (Å²) >= 11 is 0. The van der Waals surface area contributed by atoms with Gasteiger partial charge in [0.15, 0.2) is 0 Å². The summed E-state index contributed by atoms with van der Waals surface area (Å²) in [4.78, 5) is 21.3. The molecule has 0 amide bonds. The van der Waals surface area contributed by atoms with E-state index in [-0.39, 0.29) is 28.7 Å². The first kappa shape index (κ1) is 14.3. The number of para-hydroxylation sites is 1. The number of nitro groups is 1. The Bertz CT molecular complexity index is 474. The molecule has 18 heavy (non-hydrogen) atoms. The van der Waals surface area contributed by atoms with Gasteiger partial charge in [-0.3, -0.25) is 19.1 Å². The average Bonchev–Trinajstić information content (AvgIpc) is 2.38. The molecule has 6 nitrogen and oxygen atoms in total. The van der Waals surface area contributed by atoms with E-state index in [1.807, 2.05) is 0 Å². The van der Waals surface area contributed by atoms with Crippen molar-refractivity contribution in [3.05, 3.63) is 34.4 Å². The van der Waals surface area contributed by atoms with E-state index < -0.39 is 15.7 Å². The number of nitrogens with zero attached hydrogens (tertiary/aromatic N) is 1. The Hall–Kier alpha value is -1.76. The lowest BCUT2D eigenvalue weighted by atomic mass is 10.3. The van der Waals surface area contributed by atoms with Gasteiger partial charge in [-0.05, 0) is 12.5 Å². The predicted molar refractivity (Wildman–Crippen MR) is 65.6 cm³/mol. The summed E-state index contributed by atoms with van der Waals surface area (Å²) < 4.78 is 16.3. The summed E-state index contributed by atoms with van der Waals surface area (Å²) in [6.07, 6.45) is 0.522. The van der Waals surface area contributed by atoms with Crippen LogP contribution in [0.5, 0.6) is 0 Å². The Morgan fingerprint density at radius 1 is 1.44 bits per heavy atom. The molecule has 0 aliphatic rings. The molecule has 1 aromatic carbocycles. The molecule has 0 aromatic heterocycles. The molecule has 0 spiro atoms. The van der Waals surface area contributed by atoms with Gasteiger partial charge in [-0.25, -0.2) is 0 Å².